The van der Waals surface area contributed by atoms with Crippen molar-refractivity contribution >= 4 is 5.78 Å². The van der Waals surface area contributed by atoms with Gasteiger partial charge in [-0.3, -0.25) is 4.79 Å². The lowest BCUT2D eigenvalue weighted by Gasteiger charge is -2.09. The van der Waals surface area contributed by atoms with E-state index in [1.54, 1.807) is 12.1 Å². The average molecular weight is 246 g/mol. The molecule has 0 saturated carbocycles. The molecule has 96 valence electrons. The highest BCUT2D eigenvalue weighted by atomic mass is 16.7. The second kappa shape index (κ2) is 7.65. The smallest absolute Gasteiger partial charge is 0.222 e. The normalized spacial score (nSPS) is 10.0. The van der Waals surface area contributed by atoms with Crippen LogP contribution in [0.25, 0.3) is 0 Å². The molecule has 3 heteroatoms. The molecule has 1 aromatic rings. The van der Waals surface area contributed by atoms with E-state index in [1.807, 2.05) is 26.0 Å². The molecule has 1 rings (SSSR count). The van der Waals surface area contributed by atoms with Crippen LogP contribution in [0.2, 0.25) is 0 Å². The van der Waals surface area contributed by atoms with Crippen molar-refractivity contribution in [1.82, 2.24) is 0 Å². The summed E-state index contributed by atoms with van der Waals surface area (Å²) in [5.41, 5.74) is 1.44. The highest BCUT2D eigenvalue weighted by molar-refractivity contribution is 5.94. The number of ether oxygens (including phenoxy) is 2. The van der Waals surface area contributed by atoms with Crippen LogP contribution in [0, 0.1) is 11.8 Å². The maximum atomic E-state index is 11.2. The van der Waals surface area contributed by atoms with Gasteiger partial charge in [-0.1, -0.05) is 18.1 Å². The van der Waals surface area contributed by atoms with Gasteiger partial charge in [-0.15, -0.1) is 0 Å². The summed E-state index contributed by atoms with van der Waals surface area (Å²) < 4.78 is 10.6. The minimum atomic E-state index is -0.513. The molecule has 18 heavy (non-hydrogen) atoms. The molecule has 1 aromatic carbocycles. The highest BCUT2D eigenvalue weighted by Crippen LogP contribution is 2.05. The molecule has 0 spiro atoms. The minimum absolute atomic E-state index is 0.0322. The van der Waals surface area contributed by atoms with Crippen molar-refractivity contribution in [2.24, 2.45) is 0 Å². The maximum absolute atomic E-state index is 11.2. The second-order valence-corrected chi connectivity index (χ2v) is 3.65. The molecule has 0 heterocycles. The molecule has 0 N–H and O–H groups in total. The molecule has 0 radical (unpaired) electrons. The first-order valence-corrected chi connectivity index (χ1v) is 6.03. The van der Waals surface area contributed by atoms with Crippen molar-refractivity contribution < 1.29 is 14.3 Å². The topological polar surface area (TPSA) is 35.5 Å². The second-order valence-electron chi connectivity index (χ2n) is 3.65. The standard InChI is InChI=1S/C15H18O3/c1-4-17-15(18-5-2)10-9-13-7-6-8-14(11-13)12(3)16/h6-8,11,15H,4-5H2,1-3H3. The van der Waals surface area contributed by atoms with Gasteiger partial charge in [-0.2, -0.15) is 0 Å². The summed E-state index contributed by atoms with van der Waals surface area (Å²) in [5.74, 6) is 5.89. The SMILES string of the molecule is CCOC(C#Cc1cccc(C(C)=O)c1)OCC. The van der Waals surface area contributed by atoms with Crippen molar-refractivity contribution in [2.45, 2.75) is 27.1 Å². The summed E-state index contributed by atoms with van der Waals surface area (Å²) in [6, 6.07) is 7.21. The highest BCUT2D eigenvalue weighted by Gasteiger charge is 2.02. The summed E-state index contributed by atoms with van der Waals surface area (Å²) in [6.45, 7) is 6.42. The van der Waals surface area contributed by atoms with Crippen LogP contribution in [0.15, 0.2) is 24.3 Å². The third-order valence-corrected chi connectivity index (χ3v) is 2.24. The van der Waals surface area contributed by atoms with Crippen LogP contribution >= 0.6 is 0 Å². The van der Waals surface area contributed by atoms with Crippen molar-refractivity contribution in [3.63, 3.8) is 0 Å². The van der Waals surface area contributed by atoms with Gasteiger partial charge in [0.15, 0.2) is 5.78 Å². The Hall–Kier alpha value is -1.63. The Bertz CT molecular complexity index is 448. The van der Waals surface area contributed by atoms with E-state index in [9.17, 15) is 4.79 Å². The third kappa shape index (κ3) is 4.70. The van der Waals surface area contributed by atoms with Crippen molar-refractivity contribution in [2.75, 3.05) is 13.2 Å². The Morgan fingerprint density at radius 1 is 1.28 bits per heavy atom. The summed E-state index contributed by atoms with van der Waals surface area (Å²) in [7, 11) is 0. The monoisotopic (exact) mass is 246 g/mol. The molecule has 0 aromatic heterocycles. The number of hydrogen-bond acceptors (Lipinski definition) is 3. The zero-order chi connectivity index (χ0) is 13.4. The predicted octanol–water partition coefficient (Wildman–Crippen LogP) is 2.64. The molecule has 0 atom stereocenters. The van der Waals surface area contributed by atoms with Gasteiger partial charge < -0.3 is 9.47 Å². The van der Waals surface area contributed by atoms with E-state index in [2.05, 4.69) is 11.8 Å². The van der Waals surface area contributed by atoms with Gasteiger partial charge in [0.05, 0.1) is 0 Å². The molecule has 0 aliphatic rings. The Labute approximate surface area is 108 Å². The molecule has 3 nitrogen and oxygen atoms in total. The lowest BCUT2D eigenvalue weighted by atomic mass is 10.1. The largest absolute Gasteiger partial charge is 0.342 e. The maximum Gasteiger partial charge on any atom is 0.222 e. The Morgan fingerprint density at radius 3 is 2.50 bits per heavy atom. The minimum Gasteiger partial charge on any atom is -0.342 e. The quantitative estimate of drug-likeness (QED) is 0.455. The van der Waals surface area contributed by atoms with Crippen LogP contribution in [0.5, 0.6) is 0 Å². The number of hydrogen-bond donors (Lipinski definition) is 0. The van der Waals surface area contributed by atoms with E-state index in [0.717, 1.165) is 5.56 Å². The van der Waals surface area contributed by atoms with Crippen molar-refractivity contribution in [3.8, 4) is 11.8 Å². The number of carbonyl (C=O) groups excluding carboxylic acids is 1. The summed E-state index contributed by atoms with van der Waals surface area (Å²) in [6.07, 6.45) is -0.513. The first-order valence-electron chi connectivity index (χ1n) is 6.03. The lowest BCUT2D eigenvalue weighted by Crippen LogP contribution is -2.14. The van der Waals surface area contributed by atoms with Crippen molar-refractivity contribution in [3.05, 3.63) is 35.4 Å². The van der Waals surface area contributed by atoms with Gasteiger partial charge in [0, 0.05) is 24.3 Å². The molecule has 0 aliphatic heterocycles. The van der Waals surface area contributed by atoms with Crippen LogP contribution in [0.1, 0.15) is 36.7 Å². The first kappa shape index (κ1) is 14.4. The van der Waals surface area contributed by atoms with Crippen LogP contribution in [-0.4, -0.2) is 25.3 Å². The van der Waals surface area contributed by atoms with E-state index in [1.165, 1.54) is 6.92 Å². The van der Waals surface area contributed by atoms with Crippen LogP contribution in [-0.2, 0) is 9.47 Å². The van der Waals surface area contributed by atoms with E-state index in [0.29, 0.717) is 18.8 Å². The fourth-order valence-corrected chi connectivity index (χ4v) is 1.39. The Balaban J connectivity index is 2.82. The average Bonchev–Trinajstić information content (AvgIpc) is 2.37. The number of ketones is 1. The lowest BCUT2D eigenvalue weighted by molar-refractivity contribution is -0.0969. The van der Waals surface area contributed by atoms with Gasteiger partial charge in [0.2, 0.25) is 6.29 Å². The number of benzene rings is 1. The zero-order valence-electron chi connectivity index (χ0n) is 11.0. The summed E-state index contributed by atoms with van der Waals surface area (Å²) in [4.78, 5) is 11.2. The molecule has 0 bridgehead atoms. The van der Waals surface area contributed by atoms with Crippen molar-refractivity contribution in [1.29, 1.82) is 0 Å². The van der Waals surface area contributed by atoms with Gasteiger partial charge in [-0.25, -0.2) is 0 Å². The summed E-state index contributed by atoms with van der Waals surface area (Å²) >= 11 is 0. The molecule has 0 fully saturated rings. The van der Waals surface area contributed by atoms with Crippen LogP contribution in [0.3, 0.4) is 0 Å². The fourth-order valence-electron chi connectivity index (χ4n) is 1.39. The molecule has 0 aliphatic carbocycles. The fraction of sp³-hybridized carbons (Fsp3) is 0.400. The Morgan fingerprint density at radius 2 is 1.94 bits per heavy atom. The number of Topliss-reactive ketones (excluding diaryl/α,β-unsaturated/α-hetero) is 1. The van der Waals surface area contributed by atoms with E-state index in [-0.39, 0.29) is 5.78 Å². The van der Waals surface area contributed by atoms with E-state index in [4.69, 9.17) is 9.47 Å². The summed E-state index contributed by atoms with van der Waals surface area (Å²) in [5, 5.41) is 0. The zero-order valence-corrected chi connectivity index (χ0v) is 11.0. The van der Waals surface area contributed by atoms with Gasteiger partial charge >= 0.3 is 0 Å². The number of rotatable bonds is 5. The van der Waals surface area contributed by atoms with Gasteiger partial charge in [-0.05, 0) is 38.8 Å². The molecule has 0 saturated heterocycles. The third-order valence-electron chi connectivity index (χ3n) is 2.24. The van der Waals surface area contributed by atoms with Crippen LogP contribution in [0.4, 0.5) is 0 Å². The number of carbonyl (C=O) groups is 1. The van der Waals surface area contributed by atoms with Crippen LogP contribution < -0.4 is 0 Å². The van der Waals surface area contributed by atoms with E-state index < -0.39 is 6.29 Å². The Kier molecular flexibility index (Phi) is 6.13. The predicted molar refractivity (Wildman–Crippen MR) is 70.4 cm³/mol. The van der Waals surface area contributed by atoms with Gasteiger partial charge in [0.25, 0.3) is 0 Å². The molecule has 0 unspecified atom stereocenters. The van der Waals surface area contributed by atoms with Gasteiger partial charge in [0.1, 0.15) is 0 Å². The first-order chi connectivity index (χ1) is 8.67. The van der Waals surface area contributed by atoms with E-state index >= 15 is 0 Å². The molecular weight excluding hydrogens is 228 g/mol. The molecular formula is C15H18O3. The molecule has 0 amide bonds.